The number of hydrogen-bond acceptors (Lipinski definition) is 3. The molecule has 1 aliphatic rings. The van der Waals surface area contributed by atoms with E-state index in [1.165, 1.54) is 27.7 Å². The number of pyridine rings is 2. The average molecular weight is 368 g/mol. The zero-order chi connectivity index (χ0) is 19.1. The third kappa shape index (κ3) is 2.90. The molecule has 0 radical (unpaired) electrons. The van der Waals surface area contributed by atoms with Gasteiger partial charge >= 0.3 is 0 Å². The second-order valence-corrected chi connectivity index (χ2v) is 7.73. The monoisotopic (exact) mass is 368 g/mol. The van der Waals surface area contributed by atoms with Crippen molar-refractivity contribution in [2.45, 2.75) is 19.8 Å². The highest BCUT2D eigenvalue weighted by atomic mass is 15.1. The molecule has 140 valence electrons. The van der Waals surface area contributed by atoms with Crippen LogP contribution in [0.3, 0.4) is 0 Å². The minimum absolute atomic E-state index is 0.998. The first-order valence-corrected chi connectivity index (χ1v) is 9.89. The van der Waals surface area contributed by atoms with E-state index in [1.807, 2.05) is 30.7 Å². The molecule has 4 heterocycles. The SMILES string of the molecule is Cc1ccc2c(c1)c1c(n2-c2ccc(-c3ccncc3)cn2)CCN(C)CC1. The molecule has 3 aromatic heterocycles. The maximum atomic E-state index is 4.86. The highest BCUT2D eigenvalue weighted by Crippen LogP contribution is 2.32. The molecule has 4 nitrogen and oxygen atoms in total. The Labute approximate surface area is 165 Å². The zero-order valence-corrected chi connectivity index (χ0v) is 16.4. The summed E-state index contributed by atoms with van der Waals surface area (Å²) in [6.07, 6.45) is 7.75. The molecular weight excluding hydrogens is 344 g/mol. The largest absolute Gasteiger partial charge is 0.306 e. The van der Waals surface area contributed by atoms with Crippen LogP contribution in [0.4, 0.5) is 0 Å². The van der Waals surface area contributed by atoms with E-state index in [0.717, 1.165) is 42.9 Å². The van der Waals surface area contributed by atoms with Gasteiger partial charge in [-0.3, -0.25) is 9.55 Å². The van der Waals surface area contributed by atoms with Crippen molar-refractivity contribution in [1.82, 2.24) is 19.4 Å². The predicted octanol–water partition coefficient (Wildman–Crippen LogP) is 4.43. The van der Waals surface area contributed by atoms with Crippen LogP contribution in [0, 0.1) is 6.92 Å². The molecule has 0 spiro atoms. The summed E-state index contributed by atoms with van der Waals surface area (Å²) in [6.45, 7) is 4.36. The molecule has 5 rings (SSSR count). The Bertz CT molecular complexity index is 1130. The van der Waals surface area contributed by atoms with Crippen LogP contribution in [0.2, 0.25) is 0 Å². The van der Waals surface area contributed by atoms with Crippen molar-refractivity contribution in [2.24, 2.45) is 0 Å². The van der Waals surface area contributed by atoms with Crippen molar-refractivity contribution in [3.63, 3.8) is 0 Å². The lowest BCUT2D eigenvalue weighted by atomic mass is 10.1. The van der Waals surface area contributed by atoms with Crippen LogP contribution in [-0.4, -0.2) is 39.6 Å². The summed E-state index contributed by atoms with van der Waals surface area (Å²) in [5.41, 5.74) is 7.74. The predicted molar refractivity (Wildman–Crippen MR) is 114 cm³/mol. The fourth-order valence-electron chi connectivity index (χ4n) is 4.27. The molecule has 0 bridgehead atoms. The maximum absolute atomic E-state index is 4.86. The lowest BCUT2D eigenvalue weighted by Crippen LogP contribution is -2.21. The van der Waals surface area contributed by atoms with Crippen molar-refractivity contribution < 1.29 is 0 Å². The molecule has 28 heavy (non-hydrogen) atoms. The van der Waals surface area contributed by atoms with Gasteiger partial charge in [-0.15, -0.1) is 0 Å². The molecule has 0 amide bonds. The second-order valence-electron chi connectivity index (χ2n) is 7.73. The van der Waals surface area contributed by atoms with E-state index in [4.69, 9.17) is 4.98 Å². The molecule has 0 aliphatic carbocycles. The molecule has 4 heteroatoms. The summed E-state index contributed by atoms with van der Waals surface area (Å²) in [5, 5.41) is 1.38. The second kappa shape index (κ2) is 6.88. The molecule has 1 aliphatic heterocycles. The summed E-state index contributed by atoms with van der Waals surface area (Å²) in [4.78, 5) is 11.4. The minimum Gasteiger partial charge on any atom is -0.306 e. The number of fused-ring (bicyclic) bond motifs is 3. The molecule has 0 N–H and O–H groups in total. The molecular formula is C24H24N4. The number of nitrogens with zero attached hydrogens (tertiary/aromatic N) is 4. The van der Waals surface area contributed by atoms with E-state index in [2.05, 4.69) is 58.8 Å². The molecule has 4 aromatic rings. The lowest BCUT2D eigenvalue weighted by molar-refractivity contribution is 0.351. The van der Waals surface area contributed by atoms with Gasteiger partial charge in [0.1, 0.15) is 5.82 Å². The Kier molecular flexibility index (Phi) is 4.21. The lowest BCUT2D eigenvalue weighted by Gasteiger charge is -2.14. The van der Waals surface area contributed by atoms with Crippen LogP contribution in [0.25, 0.3) is 27.8 Å². The van der Waals surface area contributed by atoms with Crippen LogP contribution < -0.4 is 0 Å². The van der Waals surface area contributed by atoms with Gasteiger partial charge in [-0.05, 0) is 67.9 Å². The number of benzene rings is 1. The molecule has 0 saturated heterocycles. The number of aryl methyl sites for hydroxylation is 1. The van der Waals surface area contributed by atoms with Crippen molar-refractivity contribution in [1.29, 1.82) is 0 Å². The van der Waals surface area contributed by atoms with Crippen molar-refractivity contribution in [2.75, 3.05) is 20.1 Å². The molecule has 1 aromatic carbocycles. The van der Waals surface area contributed by atoms with E-state index in [0.29, 0.717) is 0 Å². The van der Waals surface area contributed by atoms with Gasteiger partial charge in [0.05, 0.1) is 5.52 Å². The summed E-state index contributed by atoms with van der Waals surface area (Å²) in [6, 6.07) is 15.1. The molecule has 0 fully saturated rings. The van der Waals surface area contributed by atoms with Gasteiger partial charge < -0.3 is 4.90 Å². The molecule has 0 unspecified atom stereocenters. The van der Waals surface area contributed by atoms with Gasteiger partial charge in [-0.1, -0.05) is 11.6 Å². The van der Waals surface area contributed by atoms with Crippen LogP contribution in [-0.2, 0) is 12.8 Å². The van der Waals surface area contributed by atoms with E-state index in [9.17, 15) is 0 Å². The van der Waals surface area contributed by atoms with Gasteiger partial charge in [0.25, 0.3) is 0 Å². The number of rotatable bonds is 2. The van der Waals surface area contributed by atoms with E-state index < -0.39 is 0 Å². The smallest absolute Gasteiger partial charge is 0.137 e. The van der Waals surface area contributed by atoms with Crippen molar-refractivity contribution >= 4 is 10.9 Å². The quantitative estimate of drug-likeness (QED) is 0.525. The van der Waals surface area contributed by atoms with Gasteiger partial charge in [0.15, 0.2) is 0 Å². The number of likely N-dealkylation sites (N-methyl/N-ethyl adjacent to an activating group) is 1. The van der Waals surface area contributed by atoms with E-state index in [1.54, 1.807) is 0 Å². The fraction of sp³-hybridized carbons (Fsp3) is 0.250. The van der Waals surface area contributed by atoms with E-state index in [-0.39, 0.29) is 0 Å². The van der Waals surface area contributed by atoms with E-state index >= 15 is 0 Å². The first-order chi connectivity index (χ1) is 13.7. The van der Waals surface area contributed by atoms with Crippen molar-refractivity contribution in [3.05, 3.63) is 77.9 Å². The Morgan fingerprint density at radius 1 is 0.893 bits per heavy atom. The summed E-state index contributed by atoms with van der Waals surface area (Å²) in [7, 11) is 2.21. The van der Waals surface area contributed by atoms with Crippen molar-refractivity contribution in [3.8, 4) is 16.9 Å². The summed E-state index contributed by atoms with van der Waals surface area (Å²) in [5.74, 6) is 0.998. The van der Waals surface area contributed by atoms with Crippen LogP contribution >= 0.6 is 0 Å². The average Bonchev–Trinajstić information content (AvgIpc) is 2.90. The molecule has 0 saturated carbocycles. The first-order valence-electron chi connectivity index (χ1n) is 9.89. The Balaban J connectivity index is 1.66. The maximum Gasteiger partial charge on any atom is 0.137 e. The Morgan fingerprint density at radius 2 is 1.71 bits per heavy atom. The standard InChI is InChI=1S/C24H24N4/c1-17-3-5-22-21(15-17)20-9-13-27(2)14-10-23(20)28(22)24-6-4-19(16-26-24)18-7-11-25-12-8-18/h3-8,11-12,15-16H,9-10,13-14H2,1-2H3. The first kappa shape index (κ1) is 17.1. The Hall–Kier alpha value is -2.98. The normalized spacial score (nSPS) is 14.8. The van der Waals surface area contributed by atoms with Gasteiger partial charge in [-0.25, -0.2) is 4.98 Å². The van der Waals surface area contributed by atoms with Gasteiger partial charge in [0, 0.05) is 54.7 Å². The zero-order valence-electron chi connectivity index (χ0n) is 16.4. The third-order valence-electron chi connectivity index (χ3n) is 5.80. The van der Waals surface area contributed by atoms with Gasteiger partial charge in [-0.2, -0.15) is 0 Å². The topological polar surface area (TPSA) is 34.0 Å². The number of hydrogen-bond donors (Lipinski definition) is 0. The highest BCUT2D eigenvalue weighted by molar-refractivity contribution is 5.88. The number of aromatic nitrogens is 3. The van der Waals surface area contributed by atoms with Crippen LogP contribution in [0.15, 0.2) is 61.1 Å². The van der Waals surface area contributed by atoms with Crippen LogP contribution in [0.1, 0.15) is 16.8 Å². The molecule has 0 atom stereocenters. The van der Waals surface area contributed by atoms with Gasteiger partial charge in [0.2, 0.25) is 0 Å². The fourth-order valence-corrected chi connectivity index (χ4v) is 4.27. The summed E-state index contributed by atoms with van der Waals surface area (Å²) < 4.78 is 2.37. The minimum atomic E-state index is 0.998. The summed E-state index contributed by atoms with van der Waals surface area (Å²) >= 11 is 0. The highest BCUT2D eigenvalue weighted by Gasteiger charge is 2.22. The third-order valence-corrected chi connectivity index (χ3v) is 5.80. The Morgan fingerprint density at radius 3 is 2.50 bits per heavy atom. The van der Waals surface area contributed by atoms with Crippen LogP contribution in [0.5, 0.6) is 0 Å².